The predicted octanol–water partition coefficient (Wildman–Crippen LogP) is 4.78. The lowest BCUT2D eigenvalue weighted by molar-refractivity contribution is -0.137. The van der Waals surface area contributed by atoms with Crippen molar-refractivity contribution in [2.45, 2.75) is 63.2 Å². The molecule has 244 valence electrons. The zero-order chi connectivity index (χ0) is 32.9. The second-order valence-electron chi connectivity index (χ2n) is 12.9. The van der Waals surface area contributed by atoms with Crippen molar-refractivity contribution in [3.8, 4) is 23.1 Å². The quantitative estimate of drug-likeness (QED) is 0.197. The number of H-pyrrole nitrogens is 1. The van der Waals surface area contributed by atoms with E-state index in [1.807, 2.05) is 90.0 Å². The highest BCUT2D eigenvalue weighted by Crippen LogP contribution is 2.35. The maximum Gasteiger partial charge on any atom is 0.250 e. The van der Waals surface area contributed by atoms with Crippen molar-refractivity contribution in [1.82, 2.24) is 30.8 Å². The van der Waals surface area contributed by atoms with Gasteiger partial charge in [0.1, 0.15) is 11.9 Å². The number of amides is 3. The van der Waals surface area contributed by atoms with E-state index < -0.39 is 6.04 Å². The monoisotopic (exact) mass is 640 g/mol. The Bertz CT molecular complexity index is 1810. The molecule has 9 heteroatoms. The van der Waals surface area contributed by atoms with E-state index in [1.54, 1.807) is 0 Å². The summed E-state index contributed by atoms with van der Waals surface area (Å²) < 4.78 is 0. The van der Waals surface area contributed by atoms with Crippen LogP contribution in [0.15, 0.2) is 85.1 Å². The molecule has 3 fully saturated rings. The van der Waals surface area contributed by atoms with Crippen LogP contribution in [0.1, 0.15) is 78.7 Å². The van der Waals surface area contributed by atoms with Crippen LogP contribution in [0, 0.1) is 17.8 Å². The summed E-state index contributed by atoms with van der Waals surface area (Å²) in [7, 11) is 0. The third-order valence-corrected chi connectivity index (χ3v) is 9.41. The number of hydrogen-bond donors (Lipinski definition) is 4. The van der Waals surface area contributed by atoms with Gasteiger partial charge in [0.05, 0.1) is 24.0 Å². The molecule has 4 N–H and O–H groups in total. The molecule has 1 aliphatic carbocycles. The highest BCUT2D eigenvalue weighted by atomic mass is 16.2. The van der Waals surface area contributed by atoms with Crippen molar-refractivity contribution in [2.75, 3.05) is 13.1 Å². The Labute approximate surface area is 280 Å². The van der Waals surface area contributed by atoms with Crippen molar-refractivity contribution in [3.05, 3.63) is 113 Å². The lowest BCUT2D eigenvalue weighted by atomic mass is 10.0. The van der Waals surface area contributed by atoms with Crippen molar-refractivity contribution < 1.29 is 14.4 Å². The maximum absolute atomic E-state index is 13.9. The number of carbonyl (C=O) groups is 3. The van der Waals surface area contributed by atoms with Crippen LogP contribution in [0.25, 0.3) is 11.3 Å². The summed E-state index contributed by atoms with van der Waals surface area (Å²) in [5.41, 5.74) is 5.48. The molecule has 0 radical (unpaired) electrons. The number of imidazole rings is 1. The van der Waals surface area contributed by atoms with Gasteiger partial charge in [-0.3, -0.25) is 14.4 Å². The van der Waals surface area contributed by atoms with Crippen molar-refractivity contribution in [1.29, 1.82) is 0 Å². The van der Waals surface area contributed by atoms with Gasteiger partial charge < -0.3 is 25.8 Å². The third kappa shape index (κ3) is 7.35. The van der Waals surface area contributed by atoms with Crippen molar-refractivity contribution >= 4 is 17.7 Å². The van der Waals surface area contributed by atoms with E-state index in [9.17, 15) is 14.4 Å². The highest BCUT2D eigenvalue weighted by molar-refractivity contribution is 5.90. The van der Waals surface area contributed by atoms with Gasteiger partial charge in [0, 0.05) is 30.1 Å². The number of nitrogens with one attached hydrogen (secondary N) is 4. The minimum absolute atomic E-state index is 0.0143. The summed E-state index contributed by atoms with van der Waals surface area (Å²) in [5, 5.41) is 9.26. The molecule has 7 rings (SSSR count). The first-order valence-corrected chi connectivity index (χ1v) is 16.9. The standard InChI is InChI=1S/C39H40N6O3/c46-37(31-20-21-31)44-35(30-6-2-1-3-7-30)39(48)45-23-5-9-34(45)36-41-25-33(43-36)29-18-16-27(17-19-29)11-10-26-12-14-28(15-13-26)24-42-38(47)32-8-4-22-40-32/h1-3,6-7,12-19,25,31-32,34-35,40H,4-5,8-9,20-24H2,(H,41,43)(H,42,47)(H,44,46)/t32-,34-,35+/m0/s1. The number of carbonyl (C=O) groups excluding carboxylic acids is 3. The Morgan fingerprint density at radius 2 is 1.58 bits per heavy atom. The van der Waals surface area contributed by atoms with E-state index in [0.29, 0.717) is 13.1 Å². The van der Waals surface area contributed by atoms with Crippen LogP contribution < -0.4 is 16.0 Å². The number of hydrogen-bond acceptors (Lipinski definition) is 5. The van der Waals surface area contributed by atoms with E-state index in [0.717, 1.165) is 84.4 Å². The van der Waals surface area contributed by atoms with E-state index in [2.05, 4.69) is 32.8 Å². The first-order chi connectivity index (χ1) is 23.5. The summed E-state index contributed by atoms with van der Waals surface area (Å²) in [4.78, 5) is 48.9. The van der Waals surface area contributed by atoms with Crippen LogP contribution in [0.4, 0.5) is 0 Å². The Balaban J connectivity index is 0.980. The number of aromatic nitrogens is 2. The van der Waals surface area contributed by atoms with E-state index in [4.69, 9.17) is 4.98 Å². The Hall–Kier alpha value is -5.20. The number of nitrogens with zero attached hydrogens (tertiary/aromatic N) is 2. The SMILES string of the molecule is O=C(N[C@@H](C(=O)N1CCC[C@H]1c1ncc(-c2ccc(C#Cc3ccc(CNC(=O)[C@@H]4CCCN4)cc3)cc2)[nH]1)c1ccccc1)C1CC1. The molecule has 3 atom stereocenters. The summed E-state index contributed by atoms with van der Waals surface area (Å²) >= 11 is 0. The number of rotatable bonds is 9. The minimum atomic E-state index is -0.715. The van der Waals surface area contributed by atoms with Crippen LogP contribution in [0.2, 0.25) is 0 Å². The minimum Gasteiger partial charge on any atom is -0.351 e. The first-order valence-electron chi connectivity index (χ1n) is 16.9. The average Bonchev–Trinajstić information content (AvgIpc) is 3.48. The first kappa shape index (κ1) is 31.4. The van der Waals surface area contributed by atoms with Gasteiger partial charge in [-0.2, -0.15) is 0 Å². The largest absolute Gasteiger partial charge is 0.351 e. The summed E-state index contributed by atoms with van der Waals surface area (Å²) in [6, 6.07) is 24.5. The molecule has 9 nitrogen and oxygen atoms in total. The van der Waals surface area contributed by atoms with Gasteiger partial charge in [-0.05, 0) is 86.0 Å². The Kier molecular flexibility index (Phi) is 9.34. The Morgan fingerprint density at radius 1 is 0.854 bits per heavy atom. The molecule has 3 aromatic carbocycles. The van der Waals surface area contributed by atoms with Gasteiger partial charge in [-0.15, -0.1) is 0 Å². The molecular weight excluding hydrogens is 600 g/mol. The van der Waals surface area contributed by atoms with Crippen LogP contribution in [-0.2, 0) is 20.9 Å². The summed E-state index contributed by atoms with van der Waals surface area (Å²) in [6.45, 7) is 2.03. The fourth-order valence-electron chi connectivity index (χ4n) is 6.48. The van der Waals surface area contributed by atoms with Crippen LogP contribution in [-0.4, -0.2) is 51.7 Å². The number of likely N-dealkylation sites (tertiary alicyclic amines) is 1. The second-order valence-corrected chi connectivity index (χ2v) is 12.9. The molecule has 1 saturated carbocycles. The van der Waals surface area contributed by atoms with Gasteiger partial charge in [0.2, 0.25) is 17.7 Å². The zero-order valence-corrected chi connectivity index (χ0v) is 26.9. The second kappa shape index (κ2) is 14.3. The lowest BCUT2D eigenvalue weighted by Crippen LogP contribution is -2.43. The molecule has 4 aromatic rings. The molecule has 0 bridgehead atoms. The fourth-order valence-corrected chi connectivity index (χ4v) is 6.48. The molecule has 3 heterocycles. The average molecular weight is 641 g/mol. The third-order valence-electron chi connectivity index (χ3n) is 9.41. The number of benzene rings is 3. The molecule has 3 aliphatic rings. The predicted molar refractivity (Wildman–Crippen MR) is 183 cm³/mol. The fraction of sp³-hybridized carbons (Fsp3) is 0.333. The van der Waals surface area contributed by atoms with E-state index in [-0.39, 0.29) is 35.7 Å². The maximum atomic E-state index is 13.9. The van der Waals surface area contributed by atoms with Crippen LogP contribution >= 0.6 is 0 Å². The topological polar surface area (TPSA) is 119 Å². The molecule has 0 spiro atoms. The van der Waals surface area contributed by atoms with Crippen LogP contribution in [0.5, 0.6) is 0 Å². The molecule has 48 heavy (non-hydrogen) atoms. The van der Waals surface area contributed by atoms with Crippen LogP contribution in [0.3, 0.4) is 0 Å². The van der Waals surface area contributed by atoms with Crippen molar-refractivity contribution in [3.63, 3.8) is 0 Å². The zero-order valence-electron chi connectivity index (χ0n) is 26.9. The van der Waals surface area contributed by atoms with Gasteiger partial charge >= 0.3 is 0 Å². The summed E-state index contributed by atoms with van der Waals surface area (Å²) in [5.74, 6) is 7.13. The molecule has 1 aromatic heterocycles. The normalized spacial score (nSPS) is 19.3. The molecule has 3 amide bonds. The van der Waals surface area contributed by atoms with E-state index in [1.165, 1.54) is 0 Å². The van der Waals surface area contributed by atoms with Gasteiger partial charge in [0.25, 0.3) is 0 Å². The van der Waals surface area contributed by atoms with Gasteiger partial charge in [-0.25, -0.2) is 4.98 Å². The molecule has 0 unspecified atom stereocenters. The number of aromatic amines is 1. The Morgan fingerprint density at radius 3 is 2.27 bits per heavy atom. The van der Waals surface area contributed by atoms with Gasteiger partial charge in [-0.1, -0.05) is 66.4 Å². The smallest absolute Gasteiger partial charge is 0.250 e. The van der Waals surface area contributed by atoms with E-state index >= 15 is 0 Å². The molecule has 2 saturated heterocycles. The summed E-state index contributed by atoms with van der Waals surface area (Å²) in [6.07, 6.45) is 7.19. The van der Waals surface area contributed by atoms with Gasteiger partial charge in [0.15, 0.2) is 0 Å². The lowest BCUT2D eigenvalue weighted by Gasteiger charge is -2.28. The highest BCUT2D eigenvalue weighted by Gasteiger charge is 2.39. The van der Waals surface area contributed by atoms with Crippen molar-refractivity contribution in [2.24, 2.45) is 5.92 Å². The molecular formula is C39H40N6O3. The molecule has 2 aliphatic heterocycles.